The van der Waals surface area contributed by atoms with Crippen molar-refractivity contribution in [1.82, 2.24) is 0 Å². The first-order valence-corrected chi connectivity index (χ1v) is 17.1. The van der Waals surface area contributed by atoms with Crippen molar-refractivity contribution in [2.45, 2.75) is 44.2 Å². The van der Waals surface area contributed by atoms with Crippen LogP contribution in [0.2, 0.25) is 0 Å². The fourth-order valence-electron chi connectivity index (χ4n) is 6.57. The van der Waals surface area contributed by atoms with E-state index in [1.807, 2.05) is 0 Å². The van der Waals surface area contributed by atoms with Crippen molar-refractivity contribution in [1.29, 1.82) is 0 Å². The maximum absolute atomic E-state index is 6.79. The third-order valence-electron chi connectivity index (χ3n) is 8.26. The van der Waals surface area contributed by atoms with Crippen molar-refractivity contribution in [2.75, 3.05) is 12.8 Å². The van der Waals surface area contributed by atoms with Crippen molar-refractivity contribution in [2.24, 2.45) is 11.8 Å². The average molecular weight is 566 g/mol. The molecule has 1 saturated heterocycles. The Bertz CT molecular complexity index is 1240. The monoisotopic (exact) mass is 566 g/mol. The third kappa shape index (κ3) is 6.45. The molecule has 5 heteroatoms. The molecule has 4 atom stereocenters. The van der Waals surface area contributed by atoms with Crippen molar-refractivity contribution < 1.29 is 9.47 Å². The number of ether oxygens (including phenoxy) is 2. The molecule has 6 rings (SSSR count). The van der Waals surface area contributed by atoms with Crippen molar-refractivity contribution >= 4 is 45.5 Å². The minimum atomic E-state index is -0.547. The lowest BCUT2D eigenvalue weighted by Gasteiger charge is -2.34. The van der Waals surface area contributed by atoms with E-state index >= 15 is 0 Å². The van der Waals surface area contributed by atoms with Gasteiger partial charge in [-0.05, 0) is 87.4 Å². The normalized spacial score (nSPS) is 23.8. The van der Waals surface area contributed by atoms with Gasteiger partial charge in [0.25, 0.3) is 0 Å². The lowest BCUT2D eigenvalue weighted by molar-refractivity contribution is -0.224. The molecule has 2 nitrogen and oxygen atoms in total. The molecule has 1 saturated carbocycles. The van der Waals surface area contributed by atoms with Gasteiger partial charge in [-0.15, -0.1) is 0 Å². The zero-order valence-corrected chi connectivity index (χ0v) is 24.7. The Labute approximate surface area is 244 Å². The van der Waals surface area contributed by atoms with Gasteiger partial charge in [0, 0.05) is 0 Å². The highest BCUT2D eigenvalue weighted by Gasteiger charge is 2.50. The number of hydrogen-bond acceptors (Lipinski definition) is 2. The van der Waals surface area contributed by atoms with Gasteiger partial charge in [0.05, 0.1) is 21.1 Å². The van der Waals surface area contributed by atoms with Gasteiger partial charge in [-0.25, -0.2) is 0 Å². The van der Waals surface area contributed by atoms with Gasteiger partial charge in [0.2, 0.25) is 0 Å². The molecule has 0 aromatic heterocycles. The van der Waals surface area contributed by atoms with Crippen LogP contribution in [0.5, 0.6) is 0 Å². The Morgan fingerprint density at radius 2 is 1.12 bits per heavy atom. The SMILES string of the molecule is B.CC1(C)OCC[C@@H]2[C@@H](CP(c3ccccc3)c3ccccc3)[C@@H](P(c3ccccc3)c3ccccc3)C[C@@H]2O1. The molecule has 0 amide bonds. The minimum Gasteiger partial charge on any atom is -0.351 e. The molecular formula is C35H41BO2P2. The topological polar surface area (TPSA) is 18.5 Å². The predicted octanol–water partition coefficient (Wildman–Crippen LogP) is 5.61. The third-order valence-corrected chi connectivity index (χ3v) is 13.9. The van der Waals surface area contributed by atoms with Crippen LogP contribution in [-0.4, -0.2) is 38.7 Å². The maximum Gasteiger partial charge on any atom is 0.163 e. The average Bonchev–Trinajstić information content (AvgIpc) is 3.19. The molecule has 40 heavy (non-hydrogen) atoms. The van der Waals surface area contributed by atoms with Crippen LogP contribution in [0.25, 0.3) is 0 Å². The van der Waals surface area contributed by atoms with E-state index in [2.05, 4.69) is 135 Å². The summed E-state index contributed by atoms with van der Waals surface area (Å²) in [5.74, 6) is 0.502. The van der Waals surface area contributed by atoms with E-state index in [0.717, 1.165) is 19.4 Å². The van der Waals surface area contributed by atoms with Crippen LogP contribution < -0.4 is 21.2 Å². The summed E-state index contributed by atoms with van der Waals surface area (Å²) in [6.07, 6.45) is 3.55. The molecule has 4 aromatic carbocycles. The number of benzene rings is 4. The molecule has 1 heterocycles. The lowest BCUT2D eigenvalue weighted by atomic mass is 9.93. The quantitative estimate of drug-likeness (QED) is 0.214. The molecule has 0 unspecified atom stereocenters. The van der Waals surface area contributed by atoms with Gasteiger partial charge in [-0.3, -0.25) is 0 Å². The first-order valence-electron chi connectivity index (χ1n) is 14.2. The summed E-state index contributed by atoms with van der Waals surface area (Å²) >= 11 is 0. The smallest absolute Gasteiger partial charge is 0.163 e. The summed E-state index contributed by atoms with van der Waals surface area (Å²) in [5, 5.41) is 5.89. The van der Waals surface area contributed by atoms with Crippen LogP contribution in [0.4, 0.5) is 0 Å². The standard InChI is InChI=1S/C35H38O2P2.BH3/c1-35(2)36-24-23-31-32(26-38(27-15-7-3-8-16-27)28-17-9-4-10-18-28)34(25-33(31)37-35)39(29-19-11-5-12-20-29)30-21-13-6-14-22-30;/h3-22,31-34H,23-26H2,1-2H3;1H3/t31-,32-,33+,34+;/m1./s1. The van der Waals surface area contributed by atoms with E-state index in [1.165, 1.54) is 27.4 Å². The van der Waals surface area contributed by atoms with Crippen molar-refractivity contribution in [3.8, 4) is 0 Å². The van der Waals surface area contributed by atoms with Crippen molar-refractivity contribution in [3.05, 3.63) is 121 Å². The van der Waals surface area contributed by atoms with Crippen LogP contribution in [0.3, 0.4) is 0 Å². The largest absolute Gasteiger partial charge is 0.351 e. The number of hydrogen-bond donors (Lipinski definition) is 0. The summed E-state index contributed by atoms with van der Waals surface area (Å²) < 4.78 is 13.0. The fraction of sp³-hybridized carbons (Fsp3) is 0.314. The Morgan fingerprint density at radius 3 is 1.60 bits per heavy atom. The first-order chi connectivity index (χ1) is 19.1. The van der Waals surface area contributed by atoms with Gasteiger partial charge in [0.15, 0.2) is 5.79 Å². The summed E-state index contributed by atoms with van der Waals surface area (Å²) in [6, 6.07) is 45.0. The van der Waals surface area contributed by atoms with Crippen LogP contribution in [0.15, 0.2) is 121 Å². The highest BCUT2D eigenvalue weighted by molar-refractivity contribution is 7.74. The lowest BCUT2D eigenvalue weighted by Crippen LogP contribution is -2.32. The number of fused-ring (bicyclic) bond motifs is 1. The van der Waals surface area contributed by atoms with E-state index in [0.29, 0.717) is 17.5 Å². The fourth-order valence-corrected chi connectivity index (χ4v) is 12.6. The molecule has 0 spiro atoms. The van der Waals surface area contributed by atoms with E-state index in [1.54, 1.807) is 0 Å². The molecule has 0 N–H and O–H groups in total. The zero-order chi connectivity index (χ0) is 26.7. The van der Waals surface area contributed by atoms with Crippen LogP contribution in [-0.2, 0) is 9.47 Å². The van der Waals surface area contributed by atoms with E-state index < -0.39 is 21.6 Å². The summed E-state index contributed by atoms with van der Waals surface area (Å²) in [5.41, 5.74) is 0.547. The molecule has 206 valence electrons. The first kappa shape index (κ1) is 29.2. The van der Waals surface area contributed by atoms with E-state index in [-0.39, 0.29) is 14.5 Å². The molecule has 1 aliphatic heterocycles. The highest BCUT2D eigenvalue weighted by Crippen LogP contribution is 2.57. The second-order valence-electron chi connectivity index (χ2n) is 11.1. The molecule has 0 bridgehead atoms. The molecular weight excluding hydrogens is 525 g/mol. The Hall–Kier alpha value is -2.28. The summed E-state index contributed by atoms with van der Waals surface area (Å²) in [4.78, 5) is 0. The summed E-state index contributed by atoms with van der Waals surface area (Å²) in [6.45, 7) is 4.95. The minimum absolute atomic E-state index is 0. The van der Waals surface area contributed by atoms with Crippen LogP contribution in [0.1, 0.15) is 26.7 Å². The molecule has 0 radical (unpaired) electrons. The Morgan fingerprint density at radius 1 is 0.675 bits per heavy atom. The molecule has 1 aliphatic carbocycles. The van der Waals surface area contributed by atoms with Crippen molar-refractivity contribution in [3.63, 3.8) is 0 Å². The Balaban J connectivity index is 0.00000323. The number of rotatable bonds is 7. The predicted molar refractivity (Wildman–Crippen MR) is 178 cm³/mol. The van der Waals surface area contributed by atoms with Gasteiger partial charge < -0.3 is 9.47 Å². The summed E-state index contributed by atoms with van der Waals surface area (Å²) in [7, 11) is -1.05. The van der Waals surface area contributed by atoms with Gasteiger partial charge in [0.1, 0.15) is 0 Å². The highest BCUT2D eigenvalue weighted by atomic mass is 31.1. The molecule has 2 aliphatic rings. The second-order valence-corrected chi connectivity index (χ2v) is 15.8. The van der Waals surface area contributed by atoms with Crippen LogP contribution in [0, 0.1) is 11.8 Å². The van der Waals surface area contributed by atoms with Gasteiger partial charge >= 0.3 is 0 Å². The maximum atomic E-state index is 6.79. The van der Waals surface area contributed by atoms with E-state index in [9.17, 15) is 0 Å². The van der Waals surface area contributed by atoms with Gasteiger partial charge in [-0.1, -0.05) is 121 Å². The van der Waals surface area contributed by atoms with E-state index in [4.69, 9.17) is 9.47 Å². The second kappa shape index (κ2) is 13.1. The van der Waals surface area contributed by atoms with Crippen LogP contribution >= 0.6 is 15.8 Å². The Kier molecular flexibility index (Phi) is 9.60. The van der Waals surface area contributed by atoms with Gasteiger partial charge in [-0.2, -0.15) is 0 Å². The molecule has 4 aromatic rings. The zero-order valence-electron chi connectivity index (χ0n) is 22.9. The molecule has 2 fully saturated rings.